The lowest BCUT2D eigenvalue weighted by Gasteiger charge is -2.12. The number of aryl methyl sites for hydroxylation is 2. The van der Waals surface area contributed by atoms with Gasteiger partial charge in [0.25, 0.3) is 0 Å². The number of carbonyl (C=O) groups excluding carboxylic acids is 1. The van der Waals surface area contributed by atoms with Crippen LogP contribution in [0.4, 0.5) is 0 Å². The molecule has 0 bridgehead atoms. The highest BCUT2D eigenvalue weighted by atomic mass is 32.2. The van der Waals surface area contributed by atoms with E-state index < -0.39 is 16.0 Å². The number of hydrogen-bond acceptors (Lipinski definition) is 4. The fourth-order valence-electron chi connectivity index (χ4n) is 2.02. The molecule has 0 spiro atoms. The van der Waals surface area contributed by atoms with Crippen molar-refractivity contribution in [2.24, 2.45) is 0 Å². The van der Waals surface area contributed by atoms with E-state index in [1.165, 1.54) is 0 Å². The maximum atomic E-state index is 12.3. The molecule has 0 aliphatic heterocycles. The van der Waals surface area contributed by atoms with E-state index in [9.17, 15) is 9.00 Å². The molecule has 2 aromatic rings. The maximum absolute atomic E-state index is 12.3. The molecule has 1 N–H and O–H groups in total. The molecule has 2 atom stereocenters. The summed E-state index contributed by atoms with van der Waals surface area (Å²) in [7, 11) is -1.31. The number of nitrogens with zero attached hydrogens (tertiary/aromatic N) is 1. The molecule has 1 heterocycles. The molecule has 0 aliphatic carbocycles. The quantitative estimate of drug-likeness (QED) is 0.886. The summed E-state index contributed by atoms with van der Waals surface area (Å²) in [6.45, 7) is 5.71. The smallest absolute Gasteiger partial charge is 0.235 e. The number of amides is 1. The Hall–Kier alpha value is -1.95. The molecule has 5 nitrogen and oxygen atoms in total. The van der Waals surface area contributed by atoms with Crippen LogP contribution in [0.15, 0.2) is 34.9 Å². The van der Waals surface area contributed by atoms with Gasteiger partial charge in [-0.15, -0.1) is 0 Å². The highest BCUT2D eigenvalue weighted by molar-refractivity contribution is 7.85. The topological polar surface area (TPSA) is 72.2 Å². The van der Waals surface area contributed by atoms with E-state index in [1.54, 1.807) is 13.8 Å². The second-order valence-electron chi connectivity index (χ2n) is 5.17. The molecule has 22 heavy (non-hydrogen) atoms. The first kappa shape index (κ1) is 16.4. The summed E-state index contributed by atoms with van der Waals surface area (Å²) in [6.07, 6.45) is 0. The van der Waals surface area contributed by atoms with Crippen LogP contribution in [0.3, 0.4) is 0 Å². The van der Waals surface area contributed by atoms with Gasteiger partial charge >= 0.3 is 0 Å². The van der Waals surface area contributed by atoms with E-state index in [0.29, 0.717) is 12.3 Å². The Labute approximate surface area is 132 Å². The van der Waals surface area contributed by atoms with E-state index in [0.717, 1.165) is 16.8 Å². The van der Waals surface area contributed by atoms with Gasteiger partial charge in [0.15, 0.2) is 0 Å². The van der Waals surface area contributed by atoms with Crippen LogP contribution in [0.25, 0.3) is 0 Å². The van der Waals surface area contributed by atoms with Crippen LogP contribution in [0.1, 0.15) is 29.5 Å². The first-order valence-corrected chi connectivity index (χ1v) is 8.47. The SMILES string of the molecule is Cc1noc(C)c1C[S@](=O)[C@H](C)C(=O)NCc1ccccc1. The van der Waals surface area contributed by atoms with Gasteiger partial charge in [0.1, 0.15) is 11.0 Å². The average Bonchev–Trinajstić information content (AvgIpc) is 2.84. The molecule has 118 valence electrons. The number of nitrogens with one attached hydrogen (secondary N) is 1. The lowest BCUT2D eigenvalue weighted by molar-refractivity contribution is -0.120. The van der Waals surface area contributed by atoms with Gasteiger partial charge in [0, 0.05) is 22.9 Å². The largest absolute Gasteiger partial charge is 0.361 e. The zero-order valence-corrected chi connectivity index (χ0v) is 13.8. The van der Waals surface area contributed by atoms with Crippen molar-refractivity contribution in [2.75, 3.05) is 0 Å². The van der Waals surface area contributed by atoms with Crippen LogP contribution in [0, 0.1) is 13.8 Å². The fraction of sp³-hybridized carbons (Fsp3) is 0.375. The summed E-state index contributed by atoms with van der Waals surface area (Å²) in [5.41, 5.74) is 2.56. The Morgan fingerprint density at radius 1 is 1.32 bits per heavy atom. The summed E-state index contributed by atoms with van der Waals surface area (Å²) in [5, 5.41) is 6.07. The zero-order chi connectivity index (χ0) is 16.1. The first-order valence-electron chi connectivity index (χ1n) is 7.09. The molecule has 0 radical (unpaired) electrons. The van der Waals surface area contributed by atoms with Crippen molar-refractivity contribution < 1.29 is 13.5 Å². The van der Waals surface area contributed by atoms with Crippen molar-refractivity contribution in [1.82, 2.24) is 10.5 Å². The molecule has 1 amide bonds. The Morgan fingerprint density at radius 3 is 2.59 bits per heavy atom. The van der Waals surface area contributed by atoms with Gasteiger partial charge in [-0.1, -0.05) is 35.5 Å². The minimum absolute atomic E-state index is 0.214. The molecule has 1 aromatic carbocycles. The second kappa shape index (κ2) is 7.35. The highest BCUT2D eigenvalue weighted by Gasteiger charge is 2.22. The van der Waals surface area contributed by atoms with Crippen LogP contribution >= 0.6 is 0 Å². The maximum Gasteiger partial charge on any atom is 0.235 e. The van der Waals surface area contributed by atoms with Gasteiger partial charge in [0.05, 0.1) is 11.4 Å². The Balaban J connectivity index is 1.91. The first-order chi connectivity index (χ1) is 10.5. The van der Waals surface area contributed by atoms with Gasteiger partial charge < -0.3 is 9.84 Å². The van der Waals surface area contributed by atoms with Crippen LogP contribution in [-0.2, 0) is 27.9 Å². The van der Waals surface area contributed by atoms with Crippen LogP contribution in [0.2, 0.25) is 0 Å². The minimum atomic E-state index is -1.31. The van der Waals surface area contributed by atoms with Crippen LogP contribution < -0.4 is 5.32 Å². The predicted molar refractivity (Wildman–Crippen MR) is 85.6 cm³/mol. The predicted octanol–water partition coefficient (Wildman–Crippen LogP) is 2.25. The molecule has 0 unspecified atom stereocenters. The van der Waals surface area contributed by atoms with Crippen molar-refractivity contribution >= 4 is 16.7 Å². The van der Waals surface area contributed by atoms with Gasteiger partial charge in [0.2, 0.25) is 5.91 Å². The molecule has 0 saturated carbocycles. The summed E-state index contributed by atoms with van der Waals surface area (Å²) in [6, 6.07) is 9.63. The number of benzene rings is 1. The highest BCUT2D eigenvalue weighted by Crippen LogP contribution is 2.16. The van der Waals surface area contributed by atoms with Crippen LogP contribution in [-0.4, -0.2) is 20.5 Å². The van der Waals surface area contributed by atoms with Gasteiger partial charge in [-0.2, -0.15) is 0 Å². The number of carbonyl (C=O) groups is 1. The normalized spacial score (nSPS) is 13.6. The summed E-state index contributed by atoms with van der Waals surface area (Å²) in [4.78, 5) is 12.1. The lowest BCUT2D eigenvalue weighted by atomic mass is 10.2. The van der Waals surface area contributed by atoms with Crippen LogP contribution in [0.5, 0.6) is 0 Å². The Morgan fingerprint density at radius 2 is 2.00 bits per heavy atom. The summed E-state index contributed by atoms with van der Waals surface area (Å²) >= 11 is 0. The molecule has 1 aromatic heterocycles. The number of hydrogen-bond donors (Lipinski definition) is 1. The third-order valence-corrected chi connectivity index (χ3v) is 5.12. The Bertz CT molecular complexity index is 648. The van der Waals surface area contributed by atoms with E-state index in [1.807, 2.05) is 37.3 Å². The zero-order valence-electron chi connectivity index (χ0n) is 13.0. The van der Waals surface area contributed by atoms with Gasteiger partial charge in [-0.05, 0) is 26.3 Å². The van der Waals surface area contributed by atoms with E-state index in [4.69, 9.17) is 4.52 Å². The second-order valence-corrected chi connectivity index (χ2v) is 6.93. The standard InChI is InChI=1S/C16H20N2O3S/c1-11-15(12(2)21-18-11)10-22(20)13(3)16(19)17-9-14-7-5-4-6-8-14/h4-8,13H,9-10H2,1-3H3,(H,17,19)/t13-,22+/m1/s1. The lowest BCUT2D eigenvalue weighted by Crippen LogP contribution is -2.35. The number of rotatable bonds is 6. The monoisotopic (exact) mass is 320 g/mol. The van der Waals surface area contributed by atoms with E-state index in [2.05, 4.69) is 10.5 Å². The van der Waals surface area contributed by atoms with E-state index >= 15 is 0 Å². The van der Waals surface area contributed by atoms with Gasteiger partial charge in [-0.3, -0.25) is 9.00 Å². The van der Waals surface area contributed by atoms with E-state index in [-0.39, 0.29) is 11.7 Å². The molecule has 6 heteroatoms. The summed E-state index contributed by atoms with van der Waals surface area (Å²) < 4.78 is 17.4. The van der Waals surface area contributed by atoms with Crippen molar-refractivity contribution in [3.8, 4) is 0 Å². The molecule has 0 fully saturated rings. The molecule has 0 saturated heterocycles. The number of aromatic nitrogens is 1. The third-order valence-electron chi connectivity index (χ3n) is 3.54. The Kier molecular flexibility index (Phi) is 5.49. The molecule has 2 rings (SSSR count). The molecular weight excluding hydrogens is 300 g/mol. The van der Waals surface area contributed by atoms with Gasteiger partial charge in [-0.25, -0.2) is 0 Å². The molecule has 0 aliphatic rings. The fourth-order valence-corrected chi connectivity index (χ4v) is 3.29. The van der Waals surface area contributed by atoms with Crippen molar-refractivity contribution in [3.63, 3.8) is 0 Å². The van der Waals surface area contributed by atoms with Crippen molar-refractivity contribution in [1.29, 1.82) is 0 Å². The van der Waals surface area contributed by atoms with Crippen molar-refractivity contribution in [2.45, 2.75) is 38.3 Å². The molecular formula is C16H20N2O3S. The van der Waals surface area contributed by atoms with Crippen molar-refractivity contribution in [3.05, 3.63) is 52.9 Å². The average molecular weight is 320 g/mol. The summed E-state index contributed by atoms with van der Waals surface area (Å²) in [5.74, 6) is 0.720. The third kappa shape index (κ3) is 4.04. The minimum Gasteiger partial charge on any atom is -0.361 e.